The Bertz CT molecular complexity index is 546. The lowest BCUT2D eigenvalue weighted by Gasteiger charge is -2.31. The fourth-order valence-electron chi connectivity index (χ4n) is 2.62. The molecule has 1 fully saturated rings. The third-order valence-electron chi connectivity index (χ3n) is 3.49. The zero-order valence-electron chi connectivity index (χ0n) is 11.1. The van der Waals surface area contributed by atoms with Gasteiger partial charge in [-0.15, -0.1) is 0 Å². The lowest BCUT2D eigenvalue weighted by atomic mass is 10.2. The number of nitrogens with one attached hydrogen (secondary N) is 1. The quantitative estimate of drug-likeness (QED) is 0.867. The molecule has 2 aromatic rings. The highest BCUT2D eigenvalue weighted by Crippen LogP contribution is 2.10. The summed E-state index contributed by atoms with van der Waals surface area (Å²) in [5.74, 6) is 0. The average molecular weight is 244 g/mol. The largest absolute Gasteiger partial charge is 0.312 e. The molecule has 1 aliphatic heterocycles. The van der Waals surface area contributed by atoms with Gasteiger partial charge in [0.15, 0.2) is 0 Å². The molecule has 96 valence electrons. The van der Waals surface area contributed by atoms with Crippen molar-refractivity contribution >= 4 is 5.65 Å². The van der Waals surface area contributed by atoms with E-state index in [1.54, 1.807) is 0 Å². The van der Waals surface area contributed by atoms with Crippen molar-refractivity contribution in [3.8, 4) is 0 Å². The summed E-state index contributed by atoms with van der Waals surface area (Å²) in [6.07, 6.45) is 4.28. The van der Waals surface area contributed by atoms with E-state index in [0.29, 0.717) is 6.04 Å². The Morgan fingerprint density at radius 3 is 3.11 bits per heavy atom. The fraction of sp³-hybridized carbons (Fsp3) is 0.500. The number of piperazine rings is 1. The Morgan fingerprint density at radius 2 is 2.28 bits per heavy atom. The number of hydrogen-bond donors (Lipinski definition) is 1. The molecule has 0 spiro atoms. The highest BCUT2D eigenvalue weighted by Gasteiger charge is 2.16. The molecular weight excluding hydrogens is 224 g/mol. The molecule has 3 heterocycles. The normalized spacial score (nSPS) is 21.6. The van der Waals surface area contributed by atoms with Crippen molar-refractivity contribution in [2.24, 2.45) is 0 Å². The maximum absolute atomic E-state index is 4.67. The van der Waals surface area contributed by atoms with E-state index >= 15 is 0 Å². The Balaban J connectivity index is 1.78. The maximum atomic E-state index is 4.67. The molecule has 1 aliphatic rings. The zero-order chi connectivity index (χ0) is 12.5. The Labute approximate surface area is 108 Å². The fourth-order valence-corrected chi connectivity index (χ4v) is 2.62. The summed E-state index contributed by atoms with van der Waals surface area (Å²) >= 11 is 0. The maximum Gasteiger partial charge on any atom is 0.137 e. The van der Waals surface area contributed by atoms with Crippen LogP contribution in [0.5, 0.6) is 0 Å². The summed E-state index contributed by atoms with van der Waals surface area (Å²) in [5.41, 5.74) is 3.47. The van der Waals surface area contributed by atoms with Gasteiger partial charge in [0.25, 0.3) is 0 Å². The highest BCUT2D eigenvalue weighted by molar-refractivity contribution is 5.41. The van der Waals surface area contributed by atoms with Crippen molar-refractivity contribution in [3.05, 3.63) is 35.8 Å². The van der Waals surface area contributed by atoms with Gasteiger partial charge in [0.05, 0.1) is 5.69 Å². The van der Waals surface area contributed by atoms with Gasteiger partial charge in [-0.1, -0.05) is 6.07 Å². The first-order valence-corrected chi connectivity index (χ1v) is 6.61. The molecule has 2 aromatic heterocycles. The summed E-state index contributed by atoms with van der Waals surface area (Å²) < 4.78 is 2.12. The van der Waals surface area contributed by atoms with Crippen LogP contribution in [0.3, 0.4) is 0 Å². The van der Waals surface area contributed by atoms with E-state index in [1.807, 2.05) is 0 Å². The molecule has 18 heavy (non-hydrogen) atoms. The lowest BCUT2D eigenvalue weighted by molar-refractivity contribution is 0.198. The molecule has 3 rings (SSSR count). The molecule has 1 saturated heterocycles. The third kappa shape index (κ3) is 2.40. The van der Waals surface area contributed by atoms with Crippen LogP contribution in [0.15, 0.2) is 24.5 Å². The van der Waals surface area contributed by atoms with E-state index in [4.69, 9.17) is 0 Å². The molecule has 1 N–H and O–H groups in total. The van der Waals surface area contributed by atoms with Crippen LogP contribution in [-0.2, 0) is 6.54 Å². The number of rotatable bonds is 2. The standard InChI is InChI=1S/C14H20N4/c1-11-3-4-14-16-13(10-18(14)7-11)9-17-6-5-15-12(2)8-17/h3-4,7,10,12,15H,5-6,8-9H2,1-2H3/t12-/m1/s1. The van der Waals surface area contributed by atoms with E-state index in [-0.39, 0.29) is 0 Å². The topological polar surface area (TPSA) is 32.6 Å². The van der Waals surface area contributed by atoms with Gasteiger partial charge >= 0.3 is 0 Å². The van der Waals surface area contributed by atoms with Gasteiger partial charge in [0.1, 0.15) is 5.65 Å². The van der Waals surface area contributed by atoms with Gasteiger partial charge in [-0.05, 0) is 25.5 Å². The summed E-state index contributed by atoms with van der Waals surface area (Å²) in [4.78, 5) is 7.14. The van der Waals surface area contributed by atoms with Crippen LogP contribution in [0.4, 0.5) is 0 Å². The van der Waals surface area contributed by atoms with Gasteiger partial charge in [0.2, 0.25) is 0 Å². The molecule has 0 radical (unpaired) electrons. The SMILES string of the molecule is Cc1ccc2nc(CN3CCN[C@H](C)C3)cn2c1. The number of aromatic nitrogens is 2. The van der Waals surface area contributed by atoms with E-state index in [1.165, 1.54) is 5.56 Å². The van der Waals surface area contributed by atoms with Gasteiger partial charge in [-0.3, -0.25) is 4.90 Å². The number of fused-ring (bicyclic) bond motifs is 1. The van der Waals surface area contributed by atoms with Gasteiger partial charge < -0.3 is 9.72 Å². The summed E-state index contributed by atoms with van der Waals surface area (Å²) in [7, 11) is 0. The van der Waals surface area contributed by atoms with Crippen LogP contribution < -0.4 is 5.32 Å². The number of aryl methyl sites for hydroxylation is 1. The molecule has 0 bridgehead atoms. The average Bonchev–Trinajstić information content (AvgIpc) is 2.70. The van der Waals surface area contributed by atoms with Gasteiger partial charge in [-0.2, -0.15) is 0 Å². The lowest BCUT2D eigenvalue weighted by Crippen LogP contribution is -2.48. The summed E-state index contributed by atoms with van der Waals surface area (Å²) in [6.45, 7) is 8.58. The third-order valence-corrected chi connectivity index (χ3v) is 3.49. The summed E-state index contributed by atoms with van der Waals surface area (Å²) in [6, 6.07) is 4.77. The van der Waals surface area contributed by atoms with Crippen LogP contribution in [0.2, 0.25) is 0 Å². The second kappa shape index (κ2) is 4.71. The smallest absolute Gasteiger partial charge is 0.137 e. The predicted octanol–water partition coefficient (Wildman–Crippen LogP) is 1.44. The predicted molar refractivity (Wildman–Crippen MR) is 72.7 cm³/mol. The number of imidazole rings is 1. The summed E-state index contributed by atoms with van der Waals surface area (Å²) in [5, 5.41) is 3.46. The van der Waals surface area contributed by atoms with Crippen molar-refractivity contribution in [1.82, 2.24) is 19.6 Å². The number of nitrogens with zero attached hydrogens (tertiary/aromatic N) is 3. The first-order chi connectivity index (χ1) is 8.70. The molecule has 4 heteroatoms. The van der Waals surface area contributed by atoms with Crippen LogP contribution in [0.1, 0.15) is 18.2 Å². The Morgan fingerprint density at radius 1 is 1.39 bits per heavy atom. The molecule has 4 nitrogen and oxygen atoms in total. The van der Waals surface area contributed by atoms with Crippen LogP contribution >= 0.6 is 0 Å². The van der Waals surface area contributed by atoms with Gasteiger partial charge in [0, 0.05) is 44.6 Å². The molecule has 0 aromatic carbocycles. The monoisotopic (exact) mass is 244 g/mol. The molecular formula is C14H20N4. The van der Waals surface area contributed by atoms with Crippen molar-refractivity contribution in [1.29, 1.82) is 0 Å². The molecule has 0 amide bonds. The van der Waals surface area contributed by atoms with E-state index in [9.17, 15) is 0 Å². The molecule has 0 saturated carbocycles. The second-order valence-corrected chi connectivity index (χ2v) is 5.29. The molecule has 0 aliphatic carbocycles. The Kier molecular flexibility index (Phi) is 3.06. The minimum atomic E-state index is 0.582. The van der Waals surface area contributed by atoms with Crippen LogP contribution in [0, 0.1) is 6.92 Å². The van der Waals surface area contributed by atoms with E-state index in [0.717, 1.165) is 37.5 Å². The minimum Gasteiger partial charge on any atom is -0.312 e. The van der Waals surface area contributed by atoms with Crippen LogP contribution in [-0.4, -0.2) is 40.0 Å². The van der Waals surface area contributed by atoms with E-state index < -0.39 is 0 Å². The first-order valence-electron chi connectivity index (χ1n) is 6.61. The van der Waals surface area contributed by atoms with Crippen molar-refractivity contribution < 1.29 is 0 Å². The molecule has 0 unspecified atom stereocenters. The zero-order valence-corrected chi connectivity index (χ0v) is 11.1. The number of hydrogen-bond acceptors (Lipinski definition) is 3. The number of pyridine rings is 1. The molecule has 1 atom stereocenters. The minimum absolute atomic E-state index is 0.582. The Hall–Kier alpha value is -1.39. The highest BCUT2D eigenvalue weighted by atomic mass is 15.2. The van der Waals surface area contributed by atoms with Crippen LogP contribution in [0.25, 0.3) is 5.65 Å². The van der Waals surface area contributed by atoms with E-state index in [2.05, 4.69) is 58.0 Å². The van der Waals surface area contributed by atoms with Crippen molar-refractivity contribution in [2.75, 3.05) is 19.6 Å². The van der Waals surface area contributed by atoms with Gasteiger partial charge in [-0.25, -0.2) is 4.98 Å². The second-order valence-electron chi connectivity index (χ2n) is 5.29. The van der Waals surface area contributed by atoms with Crippen molar-refractivity contribution in [3.63, 3.8) is 0 Å². The van der Waals surface area contributed by atoms with Crippen molar-refractivity contribution in [2.45, 2.75) is 26.4 Å². The first kappa shape index (κ1) is 11.7.